The molecule has 22 heavy (non-hydrogen) atoms. The number of unbranched alkanes of at least 4 members (excludes halogenated alkanes) is 1. The molecule has 0 bridgehead atoms. The third-order valence-electron chi connectivity index (χ3n) is 3.47. The van der Waals surface area contributed by atoms with Crippen LogP contribution in [0.1, 0.15) is 30.4 Å². The predicted octanol–water partition coefficient (Wildman–Crippen LogP) is 3.99. The smallest absolute Gasteiger partial charge is 0.220 e. The second-order valence-electron chi connectivity index (χ2n) is 5.20. The van der Waals surface area contributed by atoms with Gasteiger partial charge in [-0.05, 0) is 43.0 Å². The van der Waals surface area contributed by atoms with Crippen LogP contribution in [-0.4, -0.2) is 5.91 Å². The monoisotopic (exact) mass is 303 g/mol. The maximum Gasteiger partial charge on any atom is 0.220 e. The van der Waals surface area contributed by atoms with Gasteiger partial charge in [-0.2, -0.15) is 0 Å². The highest BCUT2D eigenvalue weighted by atomic mass is 19.1. The van der Waals surface area contributed by atoms with E-state index in [1.165, 1.54) is 18.2 Å². The Morgan fingerprint density at radius 1 is 0.955 bits per heavy atom. The van der Waals surface area contributed by atoms with E-state index >= 15 is 0 Å². The zero-order valence-corrected chi connectivity index (χ0v) is 12.3. The molecule has 0 saturated heterocycles. The van der Waals surface area contributed by atoms with Crippen molar-refractivity contribution < 1.29 is 13.6 Å². The fourth-order valence-electron chi connectivity index (χ4n) is 2.19. The molecule has 2 aromatic carbocycles. The molecular formula is C18H19F2NO. The van der Waals surface area contributed by atoms with Gasteiger partial charge < -0.3 is 5.32 Å². The maximum absolute atomic E-state index is 13.4. The number of amides is 1. The van der Waals surface area contributed by atoms with Crippen molar-refractivity contribution in [1.82, 2.24) is 5.32 Å². The number of carbonyl (C=O) groups excluding carboxylic acids is 1. The first-order chi connectivity index (χ1) is 10.6. The normalized spacial score (nSPS) is 10.5. The van der Waals surface area contributed by atoms with Gasteiger partial charge in [-0.15, -0.1) is 0 Å². The Labute approximate surface area is 129 Å². The van der Waals surface area contributed by atoms with Crippen molar-refractivity contribution in [1.29, 1.82) is 0 Å². The van der Waals surface area contributed by atoms with E-state index in [-0.39, 0.29) is 24.1 Å². The molecule has 2 rings (SSSR count). The fourth-order valence-corrected chi connectivity index (χ4v) is 2.19. The Balaban J connectivity index is 1.64. The molecule has 0 saturated carbocycles. The molecule has 2 aromatic rings. The summed E-state index contributed by atoms with van der Waals surface area (Å²) in [6, 6.07) is 12.8. The average Bonchev–Trinajstić information content (AvgIpc) is 2.52. The van der Waals surface area contributed by atoms with Gasteiger partial charge >= 0.3 is 0 Å². The number of hydrogen-bond acceptors (Lipinski definition) is 1. The highest BCUT2D eigenvalue weighted by Gasteiger charge is 2.04. The van der Waals surface area contributed by atoms with Gasteiger partial charge in [0.25, 0.3) is 0 Å². The Morgan fingerprint density at radius 2 is 1.68 bits per heavy atom. The molecule has 2 nitrogen and oxygen atoms in total. The van der Waals surface area contributed by atoms with Gasteiger partial charge in [-0.25, -0.2) is 8.78 Å². The van der Waals surface area contributed by atoms with E-state index in [0.717, 1.165) is 24.8 Å². The van der Waals surface area contributed by atoms with E-state index in [2.05, 4.69) is 5.32 Å². The average molecular weight is 303 g/mol. The number of hydrogen-bond donors (Lipinski definition) is 1. The molecule has 4 heteroatoms. The molecule has 0 fully saturated rings. The fraction of sp³-hybridized carbons (Fsp3) is 0.278. The quantitative estimate of drug-likeness (QED) is 0.770. The van der Waals surface area contributed by atoms with E-state index in [9.17, 15) is 13.6 Å². The lowest BCUT2D eigenvalue weighted by Gasteiger charge is -2.06. The molecular weight excluding hydrogens is 284 g/mol. The maximum atomic E-state index is 13.4. The van der Waals surface area contributed by atoms with E-state index in [4.69, 9.17) is 0 Å². The standard InChI is InChI=1S/C18H19F2NO/c19-16-11-9-14(10-12-16)5-1-4-8-18(22)21-13-15-6-2-3-7-17(15)20/h2-3,6-7,9-12H,1,4-5,8,13H2,(H,21,22). The number of nitrogens with one attached hydrogen (secondary N) is 1. The van der Waals surface area contributed by atoms with Crippen molar-refractivity contribution in [2.45, 2.75) is 32.2 Å². The van der Waals surface area contributed by atoms with E-state index in [1.807, 2.05) is 0 Å². The molecule has 0 aromatic heterocycles. The lowest BCUT2D eigenvalue weighted by atomic mass is 10.1. The highest BCUT2D eigenvalue weighted by molar-refractivity contribution is 5.75. The Bertz CT molecular complexity index is 611. The van der Waals surface area contributed by atoms with E-state index in [1.54, 1.807) is 30.3 Å². The molecule has 0 atom stereocenters. The molecule has 1 N–H and O–H groups in total. The molecule has 0 heterocycles. The summed E-state index contributed by atoms with van der Waals surface area (Å²) in [4.78, 5) is 11.7. The van der Waals surface area contributed by atoms with Crippen molar-refractivity contribution in [3.8, 4) is 0 Å². The first-order valence-electron chi connectivity index (χ1n) is 7.40. The predicted molar refractivity (Wildman–Crippen MR) is 82.2 cm³/mol. The minimum atomic E-state index is -0.306. The van der Waals surface area contributed by atoms with Gasteiger partial charge in [0.2, 0.25) is 5.91 Å². The van der Waals surface area contributed by atoms with Crippen LogP contribution in [0, 0.1) is 11.6 Å². The van der Waals surface area contributed by atoms with Crippen LogP contribution in [0.2, 0.25) is 0 Å². The number of halogens is 2. The summed E-state index contributed by atoms with van der Waals surface area (Å²) < 4.78 is 26.1. The van der Waals surface area contributed by atoms with Crippen LogP contribution in [0.5, 0.6) is 0 Å². The van der Waals surface area contributed by atoms with Crippen molar-refractivity contribution in [3.05, 3.63) is 71.3 Å². The van der Waals surface area contributed by atoms with Gasteiger partial charge in [0, 0.05) is 18.5 Å². The summed E-state index contributed by atoms with van der Waals surface area (Å²) in [5.74, 6) is -0.627. The largest absolute Gasteiger partial charge is 0.352 e. The second-order valence-corrected chi connectivity index (χ2v) is 5.20. The third kappa shape index (κ3) is 5.28. The molecule has 1 amide bonds. The van der Waals surface area contributed by atoms with Crippen molar-refractivity contribution in [2.24, 2.45) is 0 Å². The number of carbonyl (C=O) groups is 1. The van der Waals surface area contributed by atoms with Gasteiger partial charge in [0.15, 0.2) is 0 Å². The number of aryl methyl sites for hydroxylation is 1. The van der Waals surface area contributed by atoms with Gasteiger partial charge in [-0.1, -0.05) is 30.3 Å². The summed E-state index contributed by atoms with van der Waals surface area (Å²) in [6.45, 7) is 0.212. The SMILES string of the molecule is O=C(CCCCc1ccc(F)cc1)NCc1ccccc1F. The van der Waals surface area contributed by atoms with E-state index < -0.39 is 0 Å². The Hall–Kier alpha value is -2.23. The van der Waals surface area contributed by atoms with Gasteiger partial charge in [-0.3, -0.25) is 4.79 Å². The minimum Gasteiger partial charge on any atom is -0.352 e. The van der Waals surface area contributed by atoms with Crippen LogP contribution in [0.25, 0.3) is 0 Å². The molecule has 0 aliphatic carbocycles. The topological polar surface area (TPSA) is 29.1 Å². The molecule has 0 aliphatic rings. The number of benzene rings is 2. The molecule has 0 unspecified atom stereocenters. The molecule has 0 aliphatic heterocycles. The van der Waals surface area contributed by atoms with E-state index in [0.29, 0.717) is 12.0 Å². The van der Waals surface area contributed by atoms with Crippen molar-refractivity contribution >= 4 is 5.91 Å². The molecule has 0 radical (unpaired) electrons. The molecule has 116 valence electrons. The van der Waals surface area contributed by atoms with Crippen LogP contribution in [0.3, 0.4) is 0 Å². The van der Waals surface area contributed by atoms with Crippen LogP contribution in [-0.2, 0) is 17.8 Å². The molecule has 0 spiro atoms. The van der Waals surface area contributed by atoms with Crippen molar-refractivity contribution in [2.75, 3.05) is 0 Å². The Morgan fingerprint density at radius 3 is 2.41 bits per heavy atom. The summed E-state index contributed by atoms with van der Waals surface area (Å²) in [5, 5.41) is 2.72. The summed E-state index contributed by atoms with van der Waals surface area (Å²) in [7, 11) is 0. The Kier molecular flexibility index (Phi) is 6.07. The summed E-state index contributed by atoms with van der Waals surface area (Å²) in [6.07, 6.45) is 2.84. The highest BCUT2D eigenvalue weighted by Crippen LogP contribution is 2.09. The number of rotatable bonds is 7. The zero-order valence-electron chi connectivity index (χ0n) is 12.3. The lowest BCUT2D eigenvalue weighted by Crippen LogP contribution is -2.22. The van der Waals surface area contributed by atoms with Crippen molar-refractivity contribution in [3.63, 3.8) is 0 Å². The van der Waals surface area contributed by atoms with Gasteiger partial charge in [0.05, 0.1) is 0 Å². The summed E-state index contributed by atoms with van der Waals surface area (Å²) in [5.41, 5.74) is 1.55. The zero-order chi connectivity index (χ0) is 15.8. The van der Waals surface area contributed by atoms with Crippen LogP contribution < -0.4 is 5.32 Å². The van der Waals surface area contributed by atoms with Crippen LogP contribution in [0.4, 0.5) is 8.78 Å². The van der Waals surface area contributed by atoms with Crippen LogP contribution >= 0.6 is 0 Å². The third-order valence-corrected chi connectivity index (χ3v) is 3.47. The lowest BCUT2D eigenvalue weighted by molar-refractivity contribution is -0.121. The second kappa shape index (κ2) is 8.27. The summed E-state index contributed by atoms with van der Waals surface area (Å²) >= 11 is 0. The minimum absolute atomic E-state index is 0.0811. The van der Waals surface area contributed by atoms with Gasteiger partial charge in [0.1, 0.15) is 11.6 Å². The van der Waals surface area contributed by atoms with Crippen LogP contribution in [0.15, 0.2) is 48.5 Å². The first kappa shape index (κ1) is 16.1. The first-order valence-corrected chi connectivity index (χ1v) is 7.40.